The molecule has 0 aliphatic carbocycles. The fourth-order valence-electron chi connectivity index (χ4n) is 4.05. The maximum atomic E-state index is 3.62. The summed E-state index contributed by atoms with van der Waals surface area (Å²) in [5.74, 6) is 0.589. The average molecular weight is 578 g/mol. The Morgan fingerprint density at radius 1 is 0.529 bits per heavy atom. The molecular weight excluding hydrogens is 544 g/mol. The zero-order chi connectivity index (χ0) is 24.0. The van der Waals surface area contributed by atoms with Crippen LogP contribution in [0.5, 0.6) is 0 Å². The summed E-state index contributed by atoms with van der Waals surface area (Å²) in [5, 5.41) is 0. The fraction of sp³-hybridized carbons (Fsp3) is 0.250. The number of hydrogen-bond acceptors (Lipinski definition) is 0. The lowest BCUT2D eigenvalue weighted by Gasteiger charge is -2.13. The summed E-state index contributed by atoms with van der Waals surface area (Å²) in [6.07, 6.45) is 7.18. The highest BCUT2D eigenvalue weighted by Gasteiger charge is 2.08. The molecular formula is C32H34Br2. The SMILES string of the molecule is Brc1ccccc1CCCCc1ccccc1.CC(CCc1ccccc1)c1ccccc1Br. The van der Waals surface area contributed by atoms with E-state index >= 15 is 0 Å². The van der Waals surface area contributed by atoms with Gasteiger partial charge in [-0.1, -0.05) is 136 Å². The van der Waals surface area contributed by atoms with E-state index < -0.39 is 0 Å². The lowest BCUT2D eigenvalue weighted by atomic mass is 9.94. The molecule has 0 spiro atoms. The number of aryl methyl sites for hydroxylation is 3. The molecule has 0 aromatic heterocycles. The minimum Gasteiger partial charge on any atom is -0.0622 e. The zero-order valence-electron chi connectivity index (χ0n) is 20.0. The third-order valence-electron chi connectivity index (χ3n) is 6.11. The molecule has 0 radical (unpaired) electrons. The van der Waals surface area contributed by atoms with Crippen molar-refractivity contribution in [3.63, 3.8) is 0 Å². The van der Waals surface area contributed by atoms with Crippen molar-refractivity contribution < 1.29 is 0 Å². The van der Waals surface area contributed by atoms with Gasteiger partial charge in [0.05, 0.1) is 0 Å². The summed E-state index contributed by atoms with van der Waals surface area (Å²) in [5.41, 5.74) is 5.69. The number of benzene rings is 4. The summed E-state index contributed by atoms with van der Waals surface area (Å²) in [7, 11) is 0. The van der Waals surface area contributed by atoms with Gasteiger partial charge in [-0.25, -0.2) is 0 Å². The number of hydrogen-bond donors (Lipinski definition) is 0. The van der Waals surface area contributed by atoms with Gasteiger partial charge in [-0.3, -0.25) is 0 Å². The van der Waals surface area contributed by atoms with Crippen molar-refractivity contribution in [2.45, 2.75) is 51.4 Å². The molecule has 0 fully saturated rings. The summed E-state index contributed by atoms with van der Waals surface area (Å²) in [6, 6.07) is 38.4. The van der Waals surface area contributed by atoms with Crippen LogP contribution in [0, 0.1) is 0 Å². The van der Waals surface area contributed by atoms with E-state index in [0.717, 1.165) is 12.8 Å². The minimum atomic E-state index is 0.589. The summed E-state index contributed by atoms with van der Waals surface area (Å²) < 4.78 is 2.46. The third kappa shape index (κ3) is 9.24. The van der Waals surface area contributed by atoms with Crippen molar-refractivity contribution in [2.75, 3.05) is 0 Å². The molecule has 0 aliphatic heterocycles. The van der Waals surface area contributed by atoms with Crippen LogP contribution in [0.4, 0.5) is 0 Å². The van der Waals surface area contributed by atoms with Gasteiger partial charge < -0.3 is 0 Å². The molecule has 0 nitrogen and oxygen atoms in total. The Morgan fingerprint density at radius 3 is 1.65 bits per heavy atom. The van der Waals surface area contributed by atoms with Crippen LogP contribution < -0.4 is 0 Å². The molecule has 0 saturated carbocycles. The molecule has 1 unspecified atom stereocenters. The number of unbranched alkanes of at least 4 members (excludes halogenated alkanes) is 1. The second-order valence-corrected chi connectivity index (χ2v) is 10.4. The Kier molecular flexibility index (Phi) is 11.6. The van der Waals surface area contributed by atoms with Crippen LogP contribution in [0.25, 0.3) is 0 Å². The first-order chi connectivity index (χ1) is 16.6. The average Bonchev–Trinajstić information content (AvgIpc) is 2.88. The van der Waals surface area contributed by atoms with Crippen LogP contribution in [0.2, 0.25) is 0 Å². The topological polar surface area (TPSA) is 0 Å². The van der Waals surface area contributed by atoms with E-state index in [2.05, 4.69) is 148 Å². The molecule has 1 atom stereocenters. The van der Waals surface area contributed by atoms with E-state index in [1.165, 1.54) is 56.9 Å². The van der Waals surface area contributed by atoms with Crippen molar-refractivity contribution in [3.05, 3.63) is 140 Å². The zero-order valence-corrected chi connectivity index (χ0v) is 23.1. The first-order valence-electron chi connectivity index (χ1n) is 12.2. The van der Waals surface area contributed by atoms with E-state index in [0.29, 0.717) is 5.92 Å². The van der Waals surface area contributed by atoms with Crippen LogP contribution >= 0.6 is 31.9 Å². The smallest absolute Gasteiger partial charge is 0.0210 e. The molecule has 4 aromatic carbocycles. The Hall–Kier alpha value is -2.16. The predicted molar refractivity (Wildman–Crippen MR) is 155 cm³/mol. The Labute approximate surface area is 222 Å². The van der Waals surface area contributed by atoms with Crippen molar-refractivity contribution in [1.82, 2.24) is 0 Å². The van der Waals surface area contributed by atoms with E-state index in [4.69, 9.17) is 0 Å². The lowest BCUT2D eigenvalue weighted by Crippen LogP contribution is -1.97. The maximum absolute atomic E-state index is 3.62. The van der Waals surface area contributed by atoms with Crippen molar-refractivity contribution >= 4 is 31.9 Å². The first-order valence-corrected chi connectivity index (χ1v) is 13.8. The van der Waals surface area contributed by atoms with Crippen LogP contribution in [0.15, 0.2) is 118 Å². The predicted octanol–water partition coefficient (Wildman–Crippen LogP) is 10.2. The number of halogens is 2. The van der Waals surface area contributed by atoms with Gasteiger partial charge >= 0.3 is 0 Å². The molecule has 4 rings (SSSR count). The van der Waals surface area contributed by atoms with Crippen LogP contribution in [-0.4, -0.2) is 0 Å². The van der Waals surface area contributed by atoms with E-state index in [-0.39, 0.29) is 0 Å². The summed E-state index contributed by atoms with van der Waals surface area (Å²) in [6.45, 7) is 2.29. The second-order valence-electron chi connectivity index (χ2n) is 8.73. The minimum absolute atomic E-state index is 0.589. The molecule has 0 amide bonds. The highest BCUT2D eigenvalue weighted by molar-refractivity contribution is 9.10. The second kappa shape index (κ2) is 15.0. The van der Waals surface area contributed by atoms with Gasteiger partial charge in [0.25, 0.3) is 0 Å². The van der Waals surface area contributed by atoms with Crippen molar-refractivity contribution in [1.29, 1.82) is 0 Å². The quantitative estimate of drug-likeness (QED) is 0.173. The maximum Gasteiger partial charge on any atom is 0.0210 e. The van der Waals surface area contributed by atoms with E-state index in [1.54, 1.807) is 0 Å². The normalized spacial score (nSPS) is 11.4. The van der Waals surface area contributed by atoms with Crippen molar-refractivity contribution in [2.24, 2.45) is 0 Å². The molecule has 4 aromatic rings. The first kappa shape index (κ1) is 26.4. The lowest BCUT2D eigenvalue weighted by molar-refractivity contribution is 0.677. The van der Waals surface area contributed by atoms with Gasteiger partial charge in [0.2, 0.25) is 0 Å². The van der Waals surface area contributed by atoms with Crippen LogP contribution in [0.3, 0.4) is 0 Å². The molecule has 2 heteroatoms. The van der Waals surface area contributed by atoms with E-state index in [1.807, 2.05) is 0 Å². The fourth-order valence-corrected chi connectivity index (χ4v) is 5.21. The highest BCUT2D eigenvalue weighted by atomic mass is 79.9. The highest BCUT2D eigenvalue weighted by Crippen LogP contribution is 2.27. The summed E-state index contributed by atoms with van der Waals surface area (Å²) >= 11 is 7.22. The largest absolute Gasteiger partial charge is 0.0622 e. The summed E-state index contributed by atoms with van der Waals surface area (Å²) in [4.78, 5) is 0. The van der Waals surface area contributed by atoms with Crippen LogP contribution in [-0.2, 0) is 19.3 Å². The molecule has 0 heterocycles. The van der Waals surface area contributed by atoms with Gasteiger partial charge in [0.15, 0.2) is 0 Å². The van der Waals surface area contributed by atoms with Crippen molar-refractivity contribution in [3.8, 4) is 0 Å². The van der Waals surface area contributed by atoms with Gasteiger partial charge in [-0.2, -0.15) is 0 Å². The van der Waals surface area contributed by atoms with Gasteiger partial charge in [0, 0.05) is 8.95 Å². The number of rotatable bonds is 9. The Morgan fingerprint density at radius 2 is 1.03 bits per heavy atom. The standard InChI is InChI=1S/2C16H17Br/c1-13(15-9-5-6-10-16(15)17)11-12-14-7-3-2-4-8-14;17-16-13-7-6-12-15(16)11-5-4-10-14-8-2-1-3-9-14/h2-10,13H,11-12H2,1H3;1-3,6-9,12-13H,4-5,10-11H2. The van der Waals surface area contributed by atoms with Gasteiger partial charge in [-0.05, 0) is 78.8 Å². The van der Waals surface area contributed by atoms with Gasteiger partial charge in [0.1, 0.15) is 0 Å². The molecule has 0 aliphatic rings. The van der Waals surface area contributed by atoms with Gasteiger partial charge in [-0.15, -0.1) is 0 Å². The van der Waals surface area contributed by atoms with Crippen LogP contribution in [0.1, 0.15) is 54.4 Å². The molecule has 176 valence electrons. The molecule has 0 N–H and O–H groups in total. The Balaban J connectivity index is 0.000000191. The molecule has 0 saturated heterocycles. The third-order valence-corrected chi connectivity index (χ3v) is 7.60. The molecule has 34 heavy (non-hydrogen) atoms. The van der Waals surface area contributed by atoms with E-state index in [9.17, 15) is 0 Å². The Bertz CT molecular complexity index is 1090. The monoisotopic (exact) mass is 576 g/mol. The molecule has 0 bridgehead atoms.